The van der Waals surface area contributed by atoms with Gasteiger partial charge in [-0.2, -0.15) is 5.10 Å². The van der Waals surface area contributed by atoms with Crippen LogP contribution in [0.15, 0.2) is 43.1 Å². The van der Waals surface area contributed by atoms with Crippen molar-refractivity contribution in [3.8, 4) is 11.3 Å². The van der Waals surface area contributed by atoms with Crippen LogP contribution in [0.4, 0.5) is 0 Å². The normalized spacial score (nSPS) is 22.7. The summed E-state index contributed by atoms with van der Waals surface area (Å²) in [5.41, 5.74) is 3.72. The first-order chi connectivity index (χ1) is 11.8. The molecule has 0 spiro atoms. The summed E-state index contributed by atoms with van der Waals surface area (Å²) in [7, 11) is 1.97. The van der Waals surface area contributed by atoms with E-state index in [0.717, 1.165) is 26.2 Å². The number of rotatable bonds is 3. The van der Waals surface area contributed by atoms with Crippen LogP contribution in [-0.2, 0) is 20.1 Å². The van der Waals surface area contributed by atoms with Crippen molar-refractivity contribution in [2.45, 2.75) is 19.0 Å². The van der Waals surface area contributed by atoms with Gasteiger partial charge in [0.2, 0.25) is 0 Å². The minimum absolute atomic E-state index is 0.553. The van der Waals surface area contributed by atoms with Crippen LogP contribution in [0, 0.1) is 5.92 Å². The third kappa shape index (κ3) is 2.17. The molecular formula is C18H20N6. The second-order valence-electron chi connectivity index (χ2n) is 6.93. The van der Waals surface area contributed by atoms with Gasteiger partial charge < -0.3 is 4.57 Å². The molecule has 6 heteroatoms. The average molecular weight is 320 g/mol. The van der Waals surface area contributed by atoms with Gasteiger partial charge in [-0.05, 0) is 12.1 Å². The summed E-state index contributed by atoms with van der Waals surface area (Å²) in [6.45, 7) is 4.28. The lowest BCUT2D eigenvalue weighted by Gasteiger charge is -2.16. The van der Waals surface area contributed by atoms with E-state index in [1.165, 1.54) is 22.6 Å². The van der Waals surface area contributed by atoms with E-state index in [-0.39, 0.29) is 0 Å². The molecule has 0 saturated carbocycles. The van der Waals surface area contributed by atoms with Crippen molar-refractivity contribution in [2.24, 2.45) is 13.0 Å². The molecule has 3 aromatic rings. The van der Waals surface area contributed by atoms with Gasteiger partial charge in [0.1, 0.15) is 5.82 Å². The Hall–Kier alpha value is -2.47. The van der Waals surface area contributed by atoms with E-state index in [1.807, 2.05) is 36.5 Å². The molecule has 6 nitrogen and oxygen atoms in total. The molecule has 1 saturated heterocycles. The zero-order valence-electron chi connectivity index (χ0n) is 13.7. The largest absolute Gasteiger partial charge is 0.327 e. The average Bonchev–Trinajstić information content (AvgIpc) is 3.31. The van der Waals surface area contributed by atoms with E-state index in [2.05, 4.69) is 37.9 Å². The highest BCUT2D eigenvalue weighted by molar-refractivity contribution is 5.59. The van der Waals surface area contributed by atoms with Crippen LogP contribution in [0.5, 0.6) is 0 Å². The molecule has 0 amide bonds. The lowest BCUT2D eigenvalue weighted by Crippen LogP contribution is -2.22. The zero-order chi connectivity index (χ0) is 16.1. The second kappa shape index (κ2) is 5.27. The van der Waals surface area contributed by atoms with Crippen molar-refractivity contribution >= 4 is 0 Å². The van der Waals surface area contributed by atoms with Gasteiger partial charge in [-0.25, -0.2) is 4.98 Å². The summed E-state index contributed by atoms with van der Waals surface area (Å²) in [5.74, 6) is 2.48. The molecule has 24 heavy (non-hydrogen) atoms. The van der Waals surface area contributed by atoms with Crippen molar-refractivity contribution in [1.82, 2.24) is 29.2 Å². The van der Waals surface area contributed by atoms with Gasteiger partial charge in [0.25, 0.3) is 0 Å². The zero-order valence-corrected chi connectivity index (χ0v) is 13.7. The number of likely N-dealkylation sites (tertiary alicyclic amines) is 1. The van der Waals surface area contributed by atoms with Crippen LogP contribution in [0.25, 0.3) is 11.3 Å². The van der Waals surface area contributed by atoms with Gasteiger partial charge in [0.15, 0.2) is 0 Å². The molecule has 3 aromatic heterocycles. The van der Waals surface area contributed by atoms with Crippen LogP contribution in [0.1, 0.15) is 17.3 Å². The first kappa shape index (κ1) is 13.9. The maximum atomic E-state index is 4.76. The van der Waals surface area contributed by atoms with Crippen molar-refractivity contribution in [1.29, 1.82) is 0 Å². The number of fused-ring (bicyclic) bond motifs is 3. The highest BCUT2D eigenvalue weighted by Gasteiger charge is 2.42. The van der Waals surface area contributed by atoms with Crippen molar-refractivity contribution in [3.05, 3.63) is 54.5 Å². The highest BCUT2D eigenvalue weighted by Crippen LogP contribution is 2.41. The first-order valence-corrected chi connectivity index (χ1v) is 8.43. The predicted octanol–water partition coefficient (Wildman–Crippen LogP) is 1.91. The number of nitrogens with zero attached hydrogens (tertiary/aromatic N) is 6. The fraction of sp³-hybridized carbons (Fsp3) is 0.389. The summed E-state index contributed by atoms with van der Waals surface area (Å²) in [5, 5.41) is 4.27. The lowest BCUT2D eigenvalue weighted by molar-refractivity contribution is 0.306. The maximum absolute atomic E-state index is 4.76. The van der Waals surface area contributed by atoms with Crippen LogP contribution < -0.4 is 0 Å². The van der Waals surface area contributed by atoms with Crippen molar-refractivity contribution in [2.75, 3.05) is 13.1 Å². The number of hydrogen-bond donors (Lipinski definition) is 0. The smallest absolute Gasteiger partial charge is 0.113 e. The van der Waals surface area contributed by atoms with Gasteiger partial charge in [-0.3, -0.25) is 14.6 Å². The molecular weight excluding hydrogens is 300 g/mol. The first-order valence-electron chi connectivity index (χ1n) is 8.43. The molecule has 2 atom stereocenters. The summed E-state index contributed by atoms with van der Waals surface area (Å²) in [4.78, 5) is 11.4. The minimum Gasteiger partial charge on any atom is -0.327 e. The van der Waals surface area contributed by atoms with E-state index in [9.17, 15) is 0 Å². The summed E-state index contributed by atoms with van der Waals surface area (Å²) in [6, 6.07) is 4.13. The standard InChI is InChI=1S/C18H20N6/c1-22-8-13(6-21-22)9-23-10-15-11-24-17(14-2-4-19-5-3-14)7-20-18(24)16(15)12-23/h2-8,15-16H,9-12H2,1H3. The highest BCUT2D eigenvalue weighted by atomic mass is 15.3. The summed E-state index contributed by atoms with van der Waals surface area (Å²) in [6.07, 6.45) is 9.79. The number of aryl methyl sites for hydroxylation is 1. The topological polar surface area (TPSA) is 51.8 Å². The Labute approximate surface area is 140 Å². The Bertz CT molecular complexity index is 865. The molecule has 2 unspecified atom stereocenters. The third-order valence-corrected chi connectivity index (χ3v) is 5.29. The number of imidazole rings is 1. The van der Waals surface area contributed by atoms with Crippen LogP contribution in [0.3, 0.4) is 0 Å². The number of aromatic nitrogens is 5. The van der Waals surface area contributed by atoms with E-state index in [1.54, 1.807) is 0 Å². The molecule has 122 valence electrons. The predicted molar refractivity (Wildman–Crippen MR) is 90.2 cm³/mol. The molecule has 0 aromatic carbocycles. The number of hydrogen-bond acceptors (Lipinski definition) is 4. The molecule has 1 fully saturated rings. The summed E-state index contributed by atoms with van der Waals surface area (Å²) < 4.78 is 4.28. The van der Waals surface area contributed by atoms with Crippen LogP contribution in [0.2, 0.25) is 0 Å². The fourth-order valence-corrected chi connectivity index (χ4v) is 4.24. The van der Waals surface area contributed by atoms with E-state index >= 15 is 0 Å². The second-order valence-corrected chi connectivity index (χ2v) is 6.93. The SMILES string of the molecule is Cn1cc(CN2CC3Cn4c(-c5ccncc5)cnc4C3C2)cn1. The molecule has 0 aliphatic carbocycles. The minimum atomic E-state index is 0.553. The molecule has 2 aliphatic heterocycles. The van der Waals surface area contributed by atoms with Gasteiger partial charge in [0.05, 0.1) is 18.1 Å². The Morgan fingerprint density at radius 1 is 1.12 bits per heavy atom. The van der Waals surface area contributed by atoms with Gasteiger partial charge in [-0.1, -0.05) is 0 Å². The van der Waals surface area contributed by atoms with Crippen molar-refractivity contribution in [3.63, 3.8) is 0 Å². The van der Waals surface area contributed by atoms with E-state index in [4.69, 9.17) is 4.98 Å². The molecule has 5 heterocycles. The van der Waals surface area contributed by atoms with E-state index < -0.39 is 0 Å². The Balaban J connectivity index is 1.37. The van der Waals surface area contributed by atoms with Crippen molar-refractivity contribution < 1.29 is 0 Å². The third-order valence-electron chi connectivity index (χ3n) is 5.29. The van der Waals surface area contributed by atoms with E-state index in [0.29, 0.717) is 11.8 Å². The quantitative estimate of drug-likeness (QED) is 0.740. The Kier molecular flexibility index (Phi) is 3.06. The molecule has 5 rings (SSSR count). The fourth-order valence-electron chi connectivity index (χ4n) is 4.24. The number of pyridine rings is 1. The molecule has 0 N–H and O–H groups in total. The van der Waals surface area contributed by atoms with Gasteiger partial charge in [-0.15, -0.1) is 0 Å². The monoisotopic (exact) mass is 320 g/mol. The van der Waals surface area contributed by atoms with Crippen LogP contribution in [-0.4, -0.2) is 42.3 Å². The Morgan fingerprint density at radius 2 is 2.00 bits per heavy atom. The van der Waals surface area contributed by atoms with Crippen LogP contribution >= 0.6 is 0 Å². The Morgan fingerprint density at radius 3 is 2.79 bits per heavy atom. The molecule has 2 aliphatic rings. The maximum Gasteiger partial charge on any atom is 0.113 e. The van der Waals surface area contributed by atoms with Gasteiger partial charge in [0, 0.05) is 74.8 Å². The molecule has 0 bridgehead atoms. The molecule has 0 radical (unpaired) electrons. The summed E-state index contributed by atoms with van der Waals surface area (Å²) >= 11 is 0. The lowest BCUT2D eigenvalue weighted by atomic mass is 9.99. The van der Waals surface area contributed by atoms with Gasteiger partial charge >= 0.3 is 0 Å².